The minimum atomic E-state index is -0.737. The first-order valence-corrected chi connectivity index (χ1v) is 7.93. The fourth-order valence-corrected chi connectivity index (χ4v) is 2.67. The molecule has 0 aliphatic rings. The van der Waals surface area contributed by atoms with Crippen molar-refractivity contribution >= 4 is 34.0 Å². The second-order valence-electron chi connectivity index (χ2n) is 4.92. The van der Waals surface area contributed by atoms with Crippen LogP contribution in [0.3, 0.4) is 0 Å². The van der Waals surface area contributed by atoms with Gasteiger partial charge < -0.3 is 9.73 Å². The molecule has 0 saturated heterocycles. The number of furan rings is 1. The Bertz CT molecular complexity index is 909. The zero-order chi connectivity index (χ0) is 17.8. The van der Waals surface area contributed by atoms with Crippen LogP contribution in [0.25, 0.3) is 0 Å². The number of anilines is 2. The van der Waals surface area contributed by atoms with Gasteiger partial charge in [-0.1, -0.05) is 0 Å². The number of carbonyl (C=O) groups is 2. The summed E-state index contributed by atoms with van der Waals surface area (Å²) in [4.78, 5) is 27.8. The number of amides is 2. The van der Waals surface area contributed by atoms with Gasteiger partial charge in [-0.2, -0.15) is 0 Å². The molecule has 128 valence electrons. The number of carbonyl (C=O) groups excluding carboxylic acids is 2. The molecular formula is C16H11F2N3O3S. The van der Waals surface area contributed by atoms with Crippen LogP contribution >= 0.6 is 11.3 Å². The predicted octanol–water partition coefficient (Wildman–Crippen LogP) is 3.45. The molecule has 0 spiro atoms. The standard InChI is InChI=1S/C16H11F2N3O3S/c17-9-3-4-11(18)12(6-9)20-14(22)7-10-8-25-16(19-10)21-15(23)13-2-1-5-24-13/h1-6,8H,7H2,(H,20,22)(H,19,21,23). The molecule has 3 aromatic rings. The van der Waals surface area contributed by atoms with Crippen molar-refractivity contribution in [1.82, 2.24) is 4.98 Å². The lowest BCUT2D eigenvalue weighted by Gasteiger charge is -2.05. The molecule has 25 heavy (non-hydrogen) atoms. The number of nitrogens with zero attached hydrogens (tertiary/aromatic N) is 1. The van der Waals surface area contributed by atoms with E-state index in [1.165, 1.54) is 12.3 Å². The minimum absolute atomic E-state index is 0.135. The molecule has 0 saturated carbocycles. The van der Waals surface area contributed by atoms with Crippen molar-refractivity contribution in [2.75, 3.05) is 10.6 Å². The Morgan fingerprint density at radius 3 is 2.80 bits per heavy atom. The summed E-state index contributed by atoms with van der Waals surface area (Å²) in [6.45, 7) is 0. The van der Waals surface area contributed by atoms with E-state index in [1.807, 2.05) is 0 Å². The molecule has 0 aliphatic heterocycles. The highest BCUT2D eigenvalue weighted by Gasteiger charge is 2.14. The molecule has 6 nitrogen and oxygen atoms in total. The third-order valence-electron chi connectivity index (χ3n) is 3.06. The number of rotatable bonds is 5. The summed E-state index contributed by atoms with van der Waals surface area (Å²) in [5, 5.41) is 6.69. The zero-order valence-corrected chi connectivity index (χ0v) is 13.4. The van der Waals surface area contributed by atoms with Gasteiger partial charge in [0.1, 0.15) is 11.6 Å². The Balaban J connectivity index is 1.60. The molecule has 2 N–H and O–H groups in total. The van der Waals surface area contributed by atoms with E-state index in [0.717, 1.165) is 29.5 Å². The van der Waals surface area contributed by atoms with Crippen LogP contribution < -0.4 is 10.6 Å². The Hall–Kier alpha value is -3.07. The largest absolute Gasteiger partial charge is 0.459 e. The van der Waals surface area contributed by atoms with Crippen LogP contribution in [0.15, 0.2) is 46.4 Å². The van der Waals surface area contributed by atoms with Crippen LogP contribution in [0, 0.1) is 11.6 Å². The molecule has 2 aromatic heterocycles. The highest BCUT2D eigenvalue weighted by molar-refractivity contribution is 7.14. The zero-order valence-electron chi connectivity index (χ0n) is 12.6. The molecule has 9 heteroatoms. The Labute approximate surface area is 144 Å². The molecule has 0 bridgehead atoms. The van der Waals surface area contributed by atoms with Gasteiger partial charge in [0, 0.05) is 11.4 Å². The van der Waals surface area contributed by atoms with Crippen molar-refractivity contribution in [2.24, 2.45) is 0 Å². The van der Waals surface area contributed by atoms with Crippen LogP contribution in [0.4, 0.5) is 19.6 Å². The molecule has 0 unspecified atom stereocenters. The van der Waals surface area contributed by atoms with Gasteiger partial charge in [-0.15, -0.1) is 11.3 Å². The predicted molar refractivity (Wildman–Crippen MR) is 87.5 cm³/mol. The lowest BCUT2D eigenvalue weighted by Crippen LogP contribution is -2.16. The fourth-order valence-electron chi connectivity index (χ4n) is 1.96. The lowest BCUT2D eigenvalue weighted by molar-refractivity contribution is -0.115. The monoisotopic (exact) mass is 363 g/mol. The van der Waals surface area contributed by atoms with Crippen LogP contribution in [0.1, 0.15) is 16.2 Å². The second-order valence-corrected chi connectivity index (χ2v) is 5.78. The summed E-state index contributed by atoms with van der Waals surface area (Å²) in [5.41, 5.74) is 0.139. The van der Waals surface area contributed by atoms with Crippen molar-refractivity contribution in [3.05, 3.63) is 65.1 Å². The number of hydrogen-bond donors (Lipinski definition) is 2. The molecule has 0 radical (unpaired) electrons. The van der Waals surface area contributed by atoms with Crippen LogP contribution in [-0.4, -0.2) is 16.8 Å². The molecule has 2 heterocycles. The van der Waals surface area contributed by atoms with Crippen molar-refractivity contribution < 1.29 is 22.8 Å². The minimum Gasteiger partial charge on any atom is -0.459 e. The van der Waals surface area contributed by atoms with E-state index in [2.05, 4.69) is 15.6 Å². The average molecular weight is 363 g/mol. The van der Waals surface area contributed by atoms with E-state index in [-0.39, 0.29) is 17.9 Å². The van der Waals surface area contributed by atoms with Gasteiger partial charge in [0.25, 0.3) is 5.91 Å². The number of thiazole rings is 1. The van der Waals surface area contributed by atoms with Gasteiger partial charge in [0.2, 0.25) is 5.91 Å². The van der Waals surface area contributed by atoms with Crippen molar-refractivity contribution in [3.8, 4) is 0 Å². The molecule has 0 fully saturated rings. The van der Waals surface area contributed by atoms with Crippen LogP contribution in [-0.2, 0) is 11.2 Å². The molecule has 1 aromatic carbocycles. The van der Waals surface area contributed by atoms with Gasteiger partial charge in [0.15, 0.2) is 10.9 Å². The normalized spacial score (nSPS) is 10.5. The van der Waals surface area contributed by atoms with Gasteiger partial charge >= 0.3 is 0 Å². The van der Waals surface area contributed by atoms with Crippen molar-refractivity contribution in [3.63, 3.8) is 0 Å². The molecule has 3 rings (SSSR count). The van der Waals surface area contributed by atoms with Gasteiger partial charge in [0.05, 0.1) is 24.1 Å². The Morgan fingerprint density at radius 2 is 2.04 bits per heavy atom. The number of nitrogens with one attached hydrogen (secondary N) is 2. The van der Waals surface area contributed by atoms with Gasteiger partial charge in [-0.25, -0.2) is 13.8 Å². The number of benzene rings is 1. The van der Waals surface area contributed by atoms with E-state index in [9.17, 15) is 18.4 Å². The highest BCUT2D eigenvalue weighted by atomic mass is 32.1. The van der Waals surface area contributed by atoms with Crippen LogP contribution in [0.2, 0.25) is 0 Å². The number of halogens is 2. The summed E-state index contributed by atoms with van der Waals surface area (Å²) >= 11 is 1.13. The molecular weight excluding hydrogens is 352 g/mol. The Morgan fingerprint density at radius 1 is 1.20 bits per heavy atom. The maximum Gasteiger partial charge on any atom is 0.293 e. The first kappa shape index (κ1) is 16.8. The molecule has 0 atom stereocenters. The lowest BCUT2D eigenvalue weighted by atomic mass is 10.2. The topological polar surface area (TPSA) is 84.2 Å². The van der Waals surface area contributed by atoms with Gasteiger partial charge in [-0.3, -0.25) is 14.9 Å². The quantitative estimate of drug-likeness (QED) is 0.727. The third kappa shape index (κ3) is 4.27. The van der Waals surface area contributed by atoms with E-state index < -0.39 is 23.4 Å². The molecule has 2 amide bonds. The highest BCUT2D eigenvalue weighted by Crippen LogP contribution is 2.19. The summed E-state index contributed by atoms with van der Waals surface area (Å²) in [6, 6.07) is 5.86. The van der Waals surface area contributed by atoms with Crippen LogP contribution in [0.5, 0.6) is 0 Å². The third-order valence-corrected chi connectivity index (χ3v) is 3.87. The summed E-state index contributed by atoms with van der Waals surface area (Å²) < 4.78 is 31.5. The number of hydrogen-bond acceptors (Lipinski definition) is 5. The van der Waals surface area contributed by atoms with Crippen molar-refractivity contribution in [1.29, 1.82) is 0 Å². The smallest absolute Gasteiger partial charge is 0.293 e. The van der Waals surface area contributed by atoms with Crippen molar-refractivity contribution in [2.45, 2.75) is 6.42 Å². The maximum atomic E-state index is 13.5. The van der Waals surface area contributed by atoms with E-state index >= 15 is 0 Å². The number of aromatic nitrogens is 1. The first-order valence-electron chi connectivity index (χ1n) is 7.05. The summed E-state index contributed by atoms with van der Waals surface area (Å²) in [7, 11) is 0. The SMILES string of the molecule is O=C(Cc1csc(NC(=O)c2ccco2)n1)Nc1cc(F)ccc1F. The van der Waals surface area contributed by atoms with E-state index in [0.29, 0.717) is 10.8 Å². The van der Waals surface area contributed by atoms with Gasteiger partial charge in [-0.05, 0) is 24.3 Å². The summed E-state index contributed by atoms with van der Waals surface area (Å²) in [6.07, 6.45) is 1.22. The van der Waals surface area contributed by atoms with E-state index in [4.69, 9.17) is 4.42 Å². The second kappa shape index (κ2) is 7.22. The molecule has 0 aliphatic carbocycles. The maximum absolute atomic E-state index is 13.5. The summed E-state index contributed by atoms with van der Waals surface area (Å²) in [5.74, 6) is -2.28. The Kier molecular flexibility index (Phi) is 4.85. The first-order chi connectivity index (χ1) is 12.0. The van der Waals surface area contributed by atoms with E-state index in [1.54, 1.807) is 11.4 Å². The average Bonchev–Trinajstić information content (AvgIpc) is 3.23. The fraction of sp³-hybridized carbons (Fsp3) is 0.0625.